The van der Waals surface area contributed by atoms with Crippen LogP contribution in [0.3, 0.4) is 0 Å². The van der Waals surface area contributed by atoms with Crippen molar-refractivity contribution in [2.24, 2.45) is 5.92 Å². The van der Waals surface area contributed by atoms with E-state index in [2.05, 4.69) is 15.3 Å². The second-order valence-electron chi connectivity index (χ2n) is 9.07. The number of pyridine rings is 2. The molecular formula is C29H23ClF2N4O5. The normalized spacial score (nSPS) is 12.5. The molecule has 2 N–H and O–H groups in total. The van der Waals surface area contributed by atoms with Crippen molar-refractivity contribution < 1.29 is 27.8 Å². The SMILES string of the molecule is CCOc1cc[nH]c(=O)c1C(=O)N(c1ccc(F)cc1)c1cc(Cl)c(Oc2ccnc(NC(=O)C3CC3)c2)cc1F. The highest BCUT2D eigenvalue weighted by Gasteiger charge is 2.30. The van der Waals surface area contributed by atoms with Gasteiger partial charge in [-0.2, -0.15) is 0 Å². The average Bonchev–Trinajstić information content (AvgIpc) is 3.79. The van der Waals surface area contributed by atoms with Gasteiger partial charge in [0.1, 0.15) is 34.4 Å². The Labute approximate surface area is 237 Å². The third-order valence-electron chi connectivity index (χ3n) is 6.13. The van der Waals surface area contributed by atoms with Gasteiger partial charge in [-0.3, -0.25) is 19.3 Å². The molecule has 1 aliphatic carbocycles. The first kappa shape index (κ1) is 27.8. The van der Waals surface area contributed by atoms with Gasteiger partial charge >= 0.3 is 0 Å². The number of amides is 2. The predicted molar refractivity (Wildman–Crippen MR) is 148 cm³/mol. The summed E-state index contributed by atoms with van der Waals surface area (Å²) in [5.41, 5.74) is -1.40. The molecule has 0 saturated heterocycles. The van der Waals surface area contributed by atoms with E-state index >= 15 is 4.39 Å². The number of ether oxygens (including phenoxy) is 2. The summed E-state index contributed by atoms with van der Waals surface area (Å²) in [7, 11) is 0. The number of benzene rings is 2. The summed E-state index contributed by atoms with van der Waals surface area (Å²) in [4.78, 5) is 46.0. The molecule has 1 fully saturated rings. The van der Waals surface area contributed by atoms with Gasteiger partial charge in [-0.25, -0.2) is 13.8 Å². The van der Waals surface area contributed by atoms with E-state index in [4.69, 9.17) is 21.1 Å². The number of nitrogens with zero attached hydrogens (tertiary/aromatic N) is 2. The third kappa shape index (κ3) is 6.20. The molecule has 1 saturated carbocycles. The van der Waals surface area contributed by atoms with Crippen molar-refractivity contribution in [3.8, 4) is 17.2 Å². The van der Waals surface area contributed by atoms with E-state index < -0.39 is 23.1 Å². The maximum atomic E-state index is 15.7. The van der Waals surface area contributed by atoms with Crippen molar-refractivity contribution in [3.63, 3.8) is 0 Å². The van der Waals surface area contributed by atoms with Gasteiger partial charge in [-0.15, -0.1) is 0 Å². The summed E-state index contributed by atoms with van der Waals surface area (Å²) >= 11 is 6.48. The molecule has 0 bridgehead atoms. The first-order valence-corrected chi connectivity index (χ1v) is 13.0. The molecule has 2 aromatic carbocycles. The molecule has 0 unspecified atom stereocenters. The first-order valence-electron chi connectivity index (χ1n) is 12.6. The number of halogens is 3. The van der Waals surface area contributed by atoms with Gasteiger partial charge in [0.2, 0.25) is 5.91 Å². The fourth-order valence-corrected chi connectivity index (χ4v) is 4.21. The summed E-state index contributed by atoms with van der Waals surface area (Å²) in [6.07, 6.45) is 4.38. The van der Waals surface area contributed by atoms with E-state index in [-0.39, 0.29) is 63.5 Å². The van der Waals surface area contributed by atoms with Crippen molar-refractivity contribution in [1.82, 2.24) is 9.97 Å². The van der Waals surface area contributed by atoms with Gasteiger partial charge in [0.15, 0.2) is 5.82 Å². The van der Waals surface area contributed by atoms with Crippen LogP contribution in [0.25, 0.3) is 0 Å². The minimum atomic E-state index is -0.935. The van der Waals surface area contributed by atoms with Crippen LogP contribution in [0.2, 0.25) is 5.02 Å². The predicted octanol–water partition coefficient (Wildman–Crippen LogP) is 6.22. The maximum absolute atomic E-state index is 15.7. The smallest absolute Gasteiger partial charge is 0.272 e. The summed E-state index contributed by atoms with van der Waals surface area (Å²) in [5, 5.41) is 2.63. The minimum Gasteiger partial charge on any atom is -0.493 e. The van der Waals surface area contributed by atoms with Gasteiger partial charge in [0, 0.05) is 36.1 Å². The number of nitrogens with one attached hydrogen (secondary N) is 2. The Morgan fingerprint density at radius 3 is 2.56 bits per heavy atom. The van der Waals surface area contributed by atoms with Crippen LogP contribution in [-0.4, -0.2) is 28.4 Å². The van der Waals surface area contributed by atoms with Crippen molar-refractivity contribution >= 4 is 40.6 Å². The third-order valence-corrected chi connectivity index (χ3v) is 6.42. The number of hydrogen-bond donors (Lipinski definition) is 2. The molecule has 9 nitrogen and oxygen atoms in total. The molecule has 1 aliphatic rings. The van der Waals surface area contributed by atoms with Crippen LogP contribution in [0.15, 0.2) is 71.8 Å². The standard InChI is InChI=1S/C29H23ClF2N4O5/c1-2-40-23-10-12-34-28(38)26(23)29(39)36(18-7-5-17(31)6-8-18)22-14-20(30)24(15-21(22)32)41-19-9-11-33-25(13-19)35-27(37)16-3-4-16/h5-16H,2-4H2,1H3,(H,34,38)(H,33,35,37). The van der Waals surface area contributed by atoms with E-state index in [0.29, 0.717) is 0 Å². The number of anilines is 3. The first-order chi connectivity index (χ1) is 19.7. The Hall–Kier alpha value is -4.77. The topological polar surface area (TPSA) is 114 Å². The molecule has 0 aliphatic heterocycles. The minimum absolute atomic E-state index is 0.0120. The Bertz CT molecular complexity index is 1680. The van der Waals surface area contributed by atoms with Gasteiger partial charge in [-0.1, -0.05) is 11.6 Å². The molecule has 0 radical (unpaired) electrons. The zero-order chi connectivity index (χ0) is 29.1. The van der Waals surface area contributed by atoms with Gasteiger partial charge < -0.3 is 19.8 Å². The number of carbonyl (C=O) groups is 2. The van der Waals surface area contributed by atoms with Crippen LogP contribution in [-0.2, 0) is 4.79 Å². The number of hydrogen-bond acceptors (Lipinski definition) is 6. The lowest BCUT2D eigenvalue weighted by Crippen LogP contribution is -2.32. The zero-order valence-corrected chi connectivity index (χ0v) is 22.4. The number of aromatic nitrogens is 2. The molecule has 2 amide bonds. The highest BCUT2D eigenvalue weighted by atomic mass is 35.5. The summed E-state index contributed by atoms with van der Waals surface area (Å²) < 4.78 is 40.7. The average molecular weight is 581 g/mol. The van der Waals surface area contributed by atoms with Crippen molar-refractivity contribution in [2.75, 3.05) is 16.8 Å². The lowest BCUT2D eigenvalue weighted by molar-refractivity contribution is -0.117. The highest BCUT2D eigenvalue weighted by molar-refractivity contribution is 6.32. The van der Waals surface area contributed by atoms with Crippen LogP contribution >= 0.6 is 11.6 Å². The van der Waals surface area contributed by atoms with Crippen LogP contribution in [0, 0.1) is 17.6 Å². The second kappa shape index (κ2) is 11.8. The number of rotatable bonds is 9. The van der Waals surface area contributed by atoms with Crippen molar-refractivity contribution in [1.29, 1.82) is 0 Å². The lowest BCUT2D eigenvalue weighted by Gasteiger charge is -2.25. The molecule has 4 aromatic rings. The molecule has 12 heteroatoms. The summed E-state index contributed by atoms with van der Waals surface area (Å²) in [6, 6.07) is 11.2. The monoisotopic (exact) mass is 580 g/mol. The zero-order valence-electron chi connectivity index (χ0n) is 21.6. The fraction of sp³-hybridized carbons (Fsp3) is 0.172. The molecule has 0 atom stereocenters. The summed E-state index contributed by atoms with van der Waals surface area (Å²) in [5.74, 6) is -2.22. The van der Waals surface area contributed by atoms with Gasteiger partial charge in [0.05, 0.1) is 17.3 Å². The highest BCUT2D eigenvalue weighted by Crippen LogP contribution is 2.39. The van der Waals surface area contributed by atoms with Gasteiger partial charge in [0.25, 0.3) is 11.5 Å². The van der Waals surface area contributed by atoms with Gasteiger partial charge in [-0.05, 0) is 62.2 Å². The Morgan fingerprint density at radius 2 is 1.85 bits per heavy atom. The van der Waals surface area contributed by atoms with E-state index in [9.17, 15) is 18.8 Å². The Balaban J connectivity index is 1.51. The quantitative estimate of drug-likeness (QED) is 0.243. The van der Waals surface area contributed by atoms with Crippen LogP contribution in [0.1, 0.15) is 30.1 Å². The Morgan fingerprint density at radius 1 is 1.10 bits per heavy atom. The second-order valence-corrected chi connectivity index (χ2v) is 9.48. The summed E-state index contributed by atoms with van der Waals surface area (Å²) in [6.45, 7) is 1.84. The van der Waals surface area contributed by atoms with Crippen LogP contribution in [0.5, 0.6) is 17.2 Å². The number of carbonyl (C=O) groups excluding carboxylic acids is 2. The molecule has 5 rings (SSSR count). The van der Waals surface area contributed by atoms with E-state index in [0.717, 1.165) is 42.0 Å². The number of aromatic amines is 1. The molecular weight excluding hydrogens is 558 g/mol. The van der Waals surface area contributed by atoms with Crippen LogP contribution in [0.4, 0.5) is 26.0 Å². The molecule has 41 heavy (non-hydrogen) atoms. The molecule has 2 heterocycles. The largest absolute Gasteiger partial charge is 0.493 e. The van der Waals surface area contributed by atoms with Crippen LogP contribution < -0.4 is 25.2 Å². The molecule has 210 valence electrons. The van der Waals surface area contributed by atoms with E-state index in [1.54, 1.807) is 6.92 Å². The van der Waals surface area contributed by atoms with Crippen molar-refractivity contribution in [2.45, 2.75) is 19.8 Å². The fourth-order valence-electron chi connectivity index (χ4n) is 4.02. The van der Waals surface area contributed by atoms with Crippen molar-refractivity contribution in [3.05, 3.63) is 99.6 Å². The molecule has 2 aromatic heterocycles. The lowest BCUT2D eigenvalue weighted by atomic mass is 10.1. The van der Waals surface area contributed by atoms with E-state index in [1.165, 1.54) is 42.7 Å². The number of H-pyrrole nitrogens is 1. The van der Waals surface area contributed by atoms with E-state index in [1.807, 2.05) is 0 Å². The Kier molecular flexibility index (Phi) is 7.97. The molecule has 0 spiro atoms. The maximum Gasteiger partial charge on any atom is 0.272 e.